The summed E-state index contributed by atoms with van der Waals surface area (Å²) >= 11 is 0. The normalized spacial score (nSPS) is 13.6. The number of rotatable bonds is 17. The van der Waals surface area contributed by atoms with Crippen LogP contribution >= 0.6 is 0 Å². The molecule has 0 radical (unpaired) electrons. The van der Waals surface area contributed by atoms with Crippen LogP contribution in [0.1, 0.15) is 58.1 Å². The molecule has 0 fully saturated rings. The van der Waals surface area contributed by atoms with Crippen molar-refractivity contribution in [3.63, 3.8) is 0 Å². The lowest BCUT2D eigenvalue weighted by atomic mass is 10.1. The number of ether oxygens (including phenoxy) is 2. The number of sulfonamides is 1. The first-order valence-electron chi connectivity index (χ1n) is 16.6. The van der Waals surface area contributed by atoms with E-state index in [0.717, 1.165) is 22.6 Å². The van der Waals surface area contributed by atoms with Gasteiger partial charge in [-0.1, -0.05) is 112 Å². The molecule has 256 valence electrons. The van der Waals surface area contributed by atoms with Crippen LogP contribution in [-0.2, 0) is 27.5 Å². The molecule has 4 aromatic carbocycles. The lowest BCUT2D eigenvalue weighted by Gasteiger charge is -2.45. The van der Waals surface area contributed by atoms with Crippen LogP contribution in [0.25, 0.3) is 0 Å². The predicted octanol–water partition coefficient (Wildman–Crippen LogP) is 7.73. The molecule has 0 bridgehead atoms. The maximum absolute atomic E-state index is 14.8. The van der Waals surface area contributed by atoms with E-state index in [0.29, 0.717) is 19.3 Å². The van der Waals surface area contributed by atoms with Crippen LogP contribution in [0.3, 0.4) is 0 Å². The second kappa shape index (κ2) is 16.6. The minimum Gasteiger partial charge on any atom is -0.497 e. The highest BCUT2D eigenvalue weighted by atomic mass is 32.2. The van der Waals surface area contributed by atoms with Crippen molar-refractivity contribution in [3.8, 4) is 11.5 Å². The number of methoxy groups -OCH3 is 2. The number of benzene rings is 4. The first kappa shape index (κ1) is 37.1. The van der Waals surface area contributed by atoms with E-state index in [2.05, 4.69) is 75.9 Å². The van der Waals surface area contributed by atoms with Crippen LogP contribution in [0, 0.1) is 0 Å². The molecule has 6 nitrogen and oxygen atoms in total. The van der Waals surface area contributed by atoms with Crippen molar-refractivity contribution in [2.45, 2.75) is 76.4 Å². The number of nitrogens with zero attached hydrogens (tertiary/aromatic N) is 1. The van der Waals surface area contributed by atoms with Crippen molar-refractivity contribution < 1.29 is 22.3 Å². The van der Waals surface area contributed by atoms with E-state index in [-0.39, 0.29) is 24.2 Å². The highest BCUT2D eigenvalue weighted by Gasteiger charge is 2.51. The molecule has 0 saturated heterocycles. The van der Waals surface area contributed by atoms with Crippen molar-refractivity contribution in [1.29, 1.82) is 0 Å². The van der Waals surface area contributed by atoms with Gasteiger partial charge < -0.3 is 13.9 Å². The molecule has 8 heteroatoms. The quantitative estimate of drug-likeness (QED) is 0.0841. The van der Waals surface area contributed by atoms with E-state index in [1.807, 2.05) is 67.6 Å². The molecule has 4 aromatic rings. The van der Waals surface area contributed by atoms with E-state index in [1.54, 1.807) is 24.6 Å². The van der Waals surface area contributed by atoms with Gasteiger partial charge in [-0.15, -0.1) is 6.58 Å². The third-order valence-electron chi connectivity index (χ3n) is 8.90. The molecule has 2 atom stereocenters. The maximum atomic E-state index is 14.8. The first-order valence-corrected chi connectivity index (χ1v) is 20.0. The van der Waals surface area contributed by atoms with Crippen LogP contribution in [0.15, 0.2) is 122 Å². The summed E-state index contributed by atoms with van der Waals surface area (Å²) in [6.45, 7) is 13.1. The summed E-state index contributed by atoms with van der Waals surface area (Å²) in [7, 11) is -3.47. The lowest BCUT2D eigenvalue weighted by molar-refractivity contribution is 0.192. The standard InChI is InChI=1S/C40H51NO5SSi/c1-8-9-16-37(29-32(2)46-48(40(3,4)5,38-17-12-10-13-18-38)39-19-14-11-15-20-39)47(42,43)41(30-33-21-25-35(44-6)26-22-33)31-34-23-27-36(45-7)28-24-34/h8,10-15,17-28,32,37H,1,9,16,29-31H2,2-7H3/t32-,37-/m1/s1. The monoisotopic (exact) mass is 685 g/mol. The Morgan fingerprint density at radius 2 is 1.19 bits per heavy atom. The minimum absolute atomic E-state index is 0.228. The molecule has 0 saturated carbocycles. The second-order valence-corrected chi connectivity index (χ2v) is 19.8. The van der Waals surface area contributed by atoms with E-state index >= 15 is 0 Å². The van der Waals surface area contributed by atoms with Gasteiger partial charge in [0.25, 0.3) is 8.32 Å². The van der Waals surface area contributed by atoms with Crippen molar-refractivity contribution >= 4 is 28.7 Å². The number of hydrogen-bond donors (Lipinski definition) is 0. The Balaban J connectivity index is 1.72. The van der Waals surface area contributed by atoms with Crippen molar-refractivity contribution in [1.82, 2.24) is 4.31 Å². The molecular formula is C40H51NO5SSi. The molecule has 0 unspecified atom stereocenters. The zero-order valence-electron chi connectivity index (χ0n) is 29.3. The third-order valence-corrected chi connectivity index (χ3v) is 16.3. The summed E-state index contributed by atoms with van der Waals surface area (Å²) in [5.41, 5.74) is 1.76. The Morgan fingerprint density at radius 1 is 0.750 bits per heavy atom. The smallest absolute Gasteiger partial charge is 0.261 e. The third kappa shape index (κ3) is 8.85. The molecule has 0 aliphatic heterocycles. The summed E-state index contributed by atoms with van der Waals surface area (Å²) < 4.78 is 49.3. The minimum atomic E-state index is -3.82. The van der Waals surface area contributed by atoms with E-state index < -0.39 is 23.6 Å². The fourth-order valence-corrected chi connectivity index (χ4v) is 13.2. The highest BCUT2D eigenvalue weighted by Crippen LogP contribution is 2.38. The highest BCUT2D eigenvalue weighted by molar-refractivity contribution is 7.89. The second-order valence-electron chi connectivity index (χ2n) is 13.3. The van der Waals surface area contributed by atoms with Crippen molar-refractivity contribution in [2.24, 2.45) is 0 Å². The van der Waals surface area contributed by atoms with E-state index in [1.165, 1.54) is 10.4 Å². The van der Waals surface area contributed by atoms with Gasteiger partial charge in [-0.05, 0) is 77.0 Å². The molecule has 0 heterocycles. The molecule has 0 amide bonds. The van der Waals surface area contributed by atoms with E-state index in [9.17, 15) is 8.42 Å². The average molecular weight is 686 g/mol. The molecule has 0 aliphatic carbocycles. The van der Waals surface area contributed by atoms with Crippen molar-refractivity contribution in [3.05, 3.63) is 133 Å². The largest absolute Gasteiger partial charge is 0.497 e. The fraction of sp³-hybridized carbons (Fsp3) is 0.350. The Kier molecular flexibility index (Phi) is 12.9. The van der Waals surface area contributed by atoms with Crippen LogP contribution in [0.4, 0.5) is 0 Å². The van der Waals surface area contributed by atoms with Gasteiger partial charge in [0.2, 0.25) is 10.0 Å². The maximum Gasteiger partial charge on any atom is 0.261 e. The molecule has 48 heavy (non-hydrogen) atoms. The van der Waals surface area contributed by atoms with Crippen LogP contribution in [0.2, 0.25) is 5.04 Å². The van der Waals surface area contributed by atoms with Gasteiger partial charge in [-0.3, -0.25) is 0 Å². The predicted molar refractivity (Wildman–Crippen MR) is 200 cm³/mol. The van der Waals surface area contributed by atoms with E-state index in [4.69, 9.17) is 13.9 Å². The summed E-state index contributed by atoms with van der Waals surface area (Å²) in [5.74, 6) is 1.45. The zero-order chi connectivity index (χ0) is 34.8. The SMILES string of the molecule is C=CCC[C@H](C[C@@H](C)O[Si](c1ccccc1)(c1ccccc1)C(C)(C)C)S(=O)(=O)N(Cc1ccc(OC)cc1)Cc1ccc(OC)cc1. The summed E-state index contributed by atoms with van der Waals surface area (Å²) in [6.07, 6.45) is 2.83. The Bertz CT molecular complexity index is 1580. The summed E-state index contributed by atoms with van der Waals surface area (Å²) in [5, 5.41) is 1.43. The Hall–Kier alpha value is -3.69. The van der Waals surface area contributed by atoms with Gasteiger partial charge in [-0.25, -0.2) is 8.42 Å². The lowest BCUT2D eigenvalue weighted by Crippen LogP contribution is -2.67. The van der Waals surface area contributed by atoms with Gasteiger partial charge in [0, 0.05) is 19.2 Å². The summed E-state index contributed by atoms with van der Waals surface area (Å²) in [6, 6.07) is 36.1. The molecule has 4 rings (SSSR count). The molecule has 0 aliphatic rings. The topological polar surface area (TPSA) is 65.1 Å². The van der Waals surface area contributed by atoms with Crippen LogP contribution in [-0.4, -0.2) is 46.6 Å². The average Bonchev–Trinajstić information content (AvgIpc) is 3.09. The van der Waals surface area contributed by atoms with Gasteiger partial charge >= 0.3 is 0 Å². The first-order chi connectivity index (χ1) is 22.9. The zero-order valence-corrected chi connectivity index (χ0v) is 31.1. The Morgan fingerprint density at radius 3 is 1.56 bits per heavy atom. The van der Waals surface area contributed by atoms with Gasteiger partial charge in [0.05, 0.1) is 19.5 Å². The number of hydrogen-bond acceptors (Lipinski definition) is 5. The molecule has 0 spiro atoms. The molecule has 0 N–H and O–H groups in total. The number of allylic oxidation sites excluding steroid dienone is 1. The van der Waals surface area contributed by atoms with Gasteiger partial charge in [0.15, 0.2) is 0 Å². The summed E-state index contributed by atoms with van der Waals surface area (Å²) in [4.78, 5) is 0. The fourth-order valence-electron chi connectivity index (χ4n) is 6.42. The molecular weight excluding hydrogens is 635 g/mol. The van der Waals surface area contributed by atoms with Crippen LogP contribution < -0.4 is 19.8 Å². The Labute approximate surface area is 289 Å². The van der Waals surface area contributed by atoms with Crippen molar-refractivity contribution in [2.75, 3.05) is 14.2 Å². The molecule has 0 aromatic heterocycles. The van der Waals surface area contributed by atoms with Gasteiger partial charge in [-0.2, -0.15) is 4.31 Å². The van der Waals surface area contributed by atoms with Crippen LogP contribution in [0.5, 0.6) is 11.5 Å². The van der Waals surface area contributed by atoms with Gasteiger partial charge in [0.1, 0.15) is 11.5 Å².